The van der Waals surface area contributed by atoms with E-state index in [0.717, 1.165) is 32.0 Å². The van der Waals surface area contributed by atoms with Crippen molar-refractivity contribution in [3.05, 3.63) is 42.1 Å². The zero-order chi connectivity index (χ0) is 16.2. The molecule has 1 unspecified atom stereocenters. The second kappa shape index (κ2) is 7.13. The van der Waals surface area contributed by atoms with Crippen LogP contribution in [0.25, 0.3) is 0 Å². The summed E-state index contributed by atoms with van der Waals surface area (Å²) in [4.78, 5) is 13.9. The van der Waals surface area contributed by atoms with Crippen molar-refractivity contribution in [2.45, 2.75) is 32.2 Å². The molecule has 1 saturated heterocycles. The largest absolute Gasteiger partial charge is 0.356 e. The molecule has 124 valence electrons. The molecule has 23 heavy (non-hydrogen) atoms. The summed E-state index contributed by atoms with van der Waals surface area (Å²) in [6.45, 7) is 6.29. The smallest absolute Gasteiger partial charge is 0.131 e. The lowest BCUT2D eigenvalue weighted by atomic mass is 9.96. The van der Waals surface area contributed by atoms with Gasteiger partial charge in [-0.2, -0.15) is 0 Å². The SMILES string of the molecule is Cc1cccnc1N1CCCC(c2nccn2CCN(C)C)C1. The van der Waals surface area contributed by atoms with Crippen molar-refractivity contribution >= 4 is 5.82 Å². The van der Waals surface area contributed by atoms with Crippen LogP contribution in [-0.2, 0) is 6.54 Å². The van der Waals surface area contributed by atoms with Crippen molar-refractivity contribution in [1.29, 1.82) is 0 Å². The summed E-state index contributed by atoms with van der Waals surface area (Å²) >= 11 is 0. The second-order valence-electron chi connectivity index (χ2n) is 6.71. The Hall–Kier alpha value is -1.88. The Morgan fingerprint density at radius 3 is 2.91 bits per heavy atom. The maximum atomic E-state index is 4.67. The van der Waals surface area contributed by atoms with E-state index < -0.39 is 0 Å². The van der Waals surface area contributed by atoms with Crippen molar-refractivity contribution < 1.29 is 0 Å². The first-order chi connectivity index (χ1) is 11.1. The summed E-state index contributed by atoms with van der Waals surface area (Å²) in [7, 11) is 4.23. The van der Waals surface area contributed by atoms with Gasteiger partial charge < -0.3 is 14.4 Å². The molecular weight excluding hydrogens is 286 g/mol. The van der Waals surface area contributed by atoms with Gasteiger partial charge in [0.05, 0.1) is 0 Å². The van der Waals surface area contributed by atoms with Gasteiger partial charge in [0.1, 0.15) is 11.6 Å². The van der Waals surface area contributed by atoms with E-state index in [1.54, 1.807) is 0 Å². The Bertz CT molecular complexity index is 634. The highest BCUT2D eigenvalue weighted by molar-refractivity contribution is 5.46. The number of hydrogen-bond donors (Lipinski definition) is 0. The fourth-order valence-corrected chi connectivity index (χ4v) is 3.37. The molecule has 3 heterocycles. The first-order valence-electron chi connectivity index (χ1n) is 8.47. The first-order valence-corrected chi connectivity index (χ1v) is 8.47. The lowest BCUT2D eigenvalue weighted by Gasteiger charge is -2.34. The Kier molecular flexibility index (Phi) is 4.96. The standard InChI is InChI=1S/C18H27N5/c1-15-6-4-8-19-17(15)23-10-5-7-16(14-23)18-20-9-11-22(18)13-12-21(2)3/h4,6,8-9,11,16H,5,7,10,12-14H2,1-3H3. The van der Waals surface area contributed by atoms with Crippen molar-refractivity contribution in [2.75, 3.05) is 38.6 Å². The Morgan fingerprint density at radius 2 is 2.13 bits per heavy atom. The van der Waals surface area contributed by atoms with Gasteiger partial charge in [-0.25, -0.2) is 9.97 Å². The molecule has 0 N–H and O–H groups in total. The monoisotopic (exact) mass is 313 g/mol. The third-order valence-corrected chi connectivity index (χ3v) is 4.60. The average Bonchev–Trinajstić information content (AvgIpc) is 3.02. The van der Waals surface area contributed by atoms with Crippen LogP contribution in [0.4, 0.5) is 5.82 Å². The van der Waals surface area contributed by atoms with Crippen LogP contribution < -0.4 is 4.90 Å². The normalized spacial score (nSPS) is 18.6. The number of likely N-dealkylation sites (N-methyl/N-ethyl adjacent to an activating group) is 1. The zero-order valence-electron chi connectivity index (χ0n) is 14.4. The van der Waals surface area contributed by atoms with Gasteiger partial charge in [0.2, 0.25) is 0 Å². The van der Waals surface area contributed by atoms with E-state index in [2.05, 4.69) is 57.6 Å². The van der Waals surface area contributed by atoms with Gasteiger partial charge in [-0.1, -0.05) is 6.07 Å². The number of piperidine rings is 1. The lowest BCUT2D eigenvalue weighted by molar-refractivity contribution is 0.373. The highest BCUT2D eigenvalue weighted by Crippen LogP contribution is 2.29. The van der Waals surface area contributed by atoms with Crippen LogP contribution in [0.5, 0.6) is 0 Å². The van der Waals surface area contributed by atoms with E-state index in [1.807, 2.05) is 18.5 Å². The molecule has 1 fully saturated rings. The first kappa shape index (κ1) is 16.0. The van der Waals surface area contributed by atoms with Crippen LogP contribution in [-0.4, -0.2) is 53.2 Å². The second-order valence-corrected chi connectivity index (χ2v) is 6.71. The molecule has 0 saturated carbocycles. The predicted octanol–water partition coefficient (Wildman–Crippen LogP) is 2.53. The molecule has 1 atom stereocenters. The molecule has 2 aromatic rings. The molecule has 5 heteroatoms. The highest BCUT2D eigenvalue weighted by Gasteiger charge is 2.26. The van der Waals surface area contributed by atoms with Gasteiger partial charge in [0.25, 0.3) is 0 Å². The van der Waals surface area contributed by atoms with Crippen LogP contribution in [0.2, 0.25) is 0 Å². The van der Waals surface area contributed by atoms with Crippen LogP contribution in [0.1, 0.15) is 30.1 Å². The molecule has 0 bridgehead atoms. The fourth-order valence-electron chi connectivity index (χ4n) is 3.37. The number of hydrogen-bond acceptors (Lipinski definition) is 4. The van der Waals surface area contributed by atoms with E-state index in [0.29, 0.717) is 5.92 Å². The Morgan fingerprint density at radius 1 is 1.26 bits per heavy atom. The van der Waals surface area contributed by atoms with E-state index in [9.17, 15) is 0 Å². The summed E-state index contributed by atoms with van der Waals surface area (Å²) < 4.78 is 2.32. The molecule has 0 radical (unpaired) electrons. The van der Waals surface area contributed by atoms with Crippen molar-refractivity contribution in [2.24, 2.45) is 0 Å². The maximum absolute atomic E-state index is 4.67. The minimum Gasteiger partial charge on any atom is -0.356 e. The molecule has 5 nitrogen and oxygen atoms in total. The molecule has 3 rings (SSSR count). The van der Waals surface area contributed by atoms with Crippen LogP contribution in [0.15, 0.2) is 30.7 Å². The molecule has 0 spiro atoms. The summed E-state index contributed by atoms with van der Waals surface area (Å²) in [6, 6.07) is 4.15. The van der Waals surface area contributed by atoms with Crippen LogP contribution in [0.3, 0.4) is 0 Å². The molecule has 0 aromatic carbocycles. The number of nitrogens with zero attached hydrogens (tertiary/aromatic N) is 5. The Labute approximate surface area is 139 Å². The van der Waals surface area contributed by atoms with Gasteiger partial charge in [-0.3, -0.25) is 0 Å². The van der Waals surface area contributed by atoms with Crippen LogP contribution in [0, 0.1) is 6.92 Å². The Balaban J connectivity index is 1.74. The highest BCUT2D eigenvalue weighted by atomic mass is 15.2. The van der Waals surface area contributed by atoms with Crippen LogP contribution >= 0.6 is 0 Å². The third-order valence-electron chi connectivity index (χ3n) is 4.60. The predicted molar refractivity (Wildman–Crippen MR) is 93.9 cm³/mol. The van der Waals surface area contributed by atoms with Crippen molar-refractivity contribution in [1.82, 2.24) is 19.4 Å². The number of rotatable bonds is 5. The van der Waals surface area contributed by atoms with E-state index >= 15 is 0 Å². The molecule has 0 aliphatic carbocycles. The average molecular weight is 313 g/mol. The van der Waals surface area contributed by atoms with Gasteiger partial charge in [0.15, 0.2) is 0 Å². The quantitative estimate of drug-likeness (QED) is 0.850. The van der Waals surface area contributed by atoms with E-state index in [4.69, 9.17) is 0 Å². The lowest BCUT2D eigenvalue weighted by Crippen LogP contribution is -2.36. The molecule has 1 aliphatic heterocycles. The number of anilines is 1. The van der Waals surface area contributed by atoms with Gasteiger partial charge in [-0.15, -0.1) is 0 Å². The maximum Gasteiger partial charge on any atom is 0.131 e. The molecular formula is C18H27N5. The molecule has 0 amide bonds. The van der Waals surface area contributed by atoms with Crippen molar-refractivity contribution in [3.8, 4) is 0 Å². The number of aromatic nitrogens is 3. The number of aryl methyl sites for hydroxylation is 1. The number of imidazole rings is 1. The third kappa shape index (κ3) is 3.72. The zero-order valence-corrected chi connectivity index (χ0v) is 14.4. The van der Waals surface area contributed by atoms with E-state index in [1.165, 1.54) is 24.2 Å². The van der Waals surface area contributed by atoms with E-state index in [-0.39, 0.29) is 0 Å². The summed E-state index contributed by atoms with van der Waals surface area (Å²) in [5.41, 5.74) is 1.25. The van der Waals surface area contributed by atoms with Gasteiger partial charge in [0, 0.05) is 50.7 Å². The molecule has 2 aromatic heterocycles. The minimum atomic E-state index is 0.488. The summed E-state index contributed by atoms with van der Waals surface area (Å²) in [6.07, 6.45) is 8.35. The summed E-state index contributed by atoms with van der Waals surface area (Å²) in [5, 5.41) is 0. The topological polar surface area (TPSA) is 37.2 Å². The van der Waals surface area contributed by atoms with Gasteiger partial charge >= 0.3 is 0 Å². The number of pyridine rings is 1. The van der Waals surface area contributed by atoms with Gasteiger partial charge in [-0.05, 0) is 45.5 Å². The summed E-state index contributed by atoms with van der Waals surface area (Å²) in [5.74, 6) is 2.84. The fraction of sp³-hybridized carbons (Fsp3) is 0.556. The minimum absolute atomic E-state index is 0.488. The van der Waals surface area contributed by atoms with Crippen molar-refractivity contribution in [3.63, 3.8) is 0 Å². The molecule has 1 aliphatic rings.